The Bertz CT molecular complexity index is 941. The summed E-state index contributed by atoms with van der Waals surface area (Å²) in [5, 5.41) is 18.4. The molecule has 1 aliphatic rings. The number of para-hydroxylation sites is 1. The lowest BCUT2D eigenvalue weighted by atomic mass is 10.2. The number of amides is 1. The predicted molar refractivity (Wildman–Crippen MR) is 108 cm³/mol. The molecule has 0 spiro atoms. The van der Waals surface area contributed by atoms with Gasteiger partial charge in [-0.3, -0.25) is 14.5 Å². The maximum Gasteiger partial charge on any atom is 0.306 e. The van der Waals surface area contributed by atoms with Gasteiger partial charge in [-0.1, -0.05) is 48.2 Å². The molecule has 1 saturated heterocycles. The Morgan fingerprint density at radius 3 is 2.74 bits per heavy atom. The molecular weight excluding hydrogens is 386 g/mol. The number of anilines is 1. The van der Waals surface area contributed by atoms with Crippen LogP contribution in [0.4, 0.5) is 5.69 Å². The molecule has 8 heteroatoms. The van der Waals surface area contributed by atoms with Crippen LogP contribution in [0, 0.1) is 0 Å². The molecule has 0 saturated carbocycles. The summed E-state index contributed by atoms with van der Waals surface area (Å²) < 4.78 is 5.88. The molecule has 0 bridgehead atoms. The molecule has 6 nitrogen and oxygen atoms in total. The van der Waals surface area contributed by atoms with Gasteiger partial charge in [-0.2, -0.15) is 0 Å². The number of thioether (sulfide) groups is 1. The van der Waals surface area contributed by atoms with E-state index >= 15 is 0 Å². The second-order valence-corrected chi connectivity index (χ2v) is 7.24. The molecule has 0 atom stereocenters. The molecule has 1 heterocycles. The smallest absolute Gasteiger partial charge is 0.306 e. The number of hydrogen-bond acceptors (Lipinski definition) is 6. The summed E-state index contributed by atoms with van der Waals surface area (Å²) in [5.41, 5.74) is 1.14. The van der Waals surface area contributed by atoms with Gasteiger partial charge in [-0.15, -0.1) is 0 Å². The van der Waals surface area contributed by atoms with Gasteiger partial charge in [0.25, 0.3) is 5.91 Å². The summed E-state index contributed by atoms with van der Waals surface area (Å²) in [7, 11) is 0. The SMILES string of the molecule is O=C(O)CCOc1ccccc1/C=C1/SC(=S)N(c2cccc(O)c2)C1=O. The first-order valence-corrected chi connectivity index (χ1v) is 9.19. The molecule has 2 aromatic carbocycles. The number of phenols is 1. The van der Waals surface area contributed by atoms with Crippen LogP contribution in [-0.4, -0.2) is 33.0 Å². The quantitative estimate of drug-likeness (QED) is 0.564. The normalized spacial score (nSPS) is 15.4. The Morgan fingerprint density at radius 2 is 2.00 bits per heavy atom. The first kappa shape index (κ1) is 18.9. The van der Waals surface area contributed by atoms with Crippen LogP contribution < -0.4 is 9.64 Å². The van der Waals surface area contributed by atoms with Crippen LogP contribution in [-0.2, 0) is 9.59 Å². The number of carbonyl (C=O) groups is 2. The number of hydrogen-bond donors (Lipinski definition) is 2. The fourth-order valence-corrected chi connectivity index (χ4v) is 3.73. The minimum Gasteiger partial charge on any atom is -0.508 e. The van der Waals surface area contributed by atoms with E-state index in [2.05, 4.69) is 0 Å². The first-order chi connectivity index (χ1) is 13.0. The fourth-order valence-electron chi connectivity index (χ4n) is 2.44. The number of aromatic hydroxyl groups is 1. The van der Waals surface area contributed by atoms with Crippen molar-refractivity contribution < 1.29 is 24.5 Å². The molecule has 2 aromatic rings. The van der Waals surface area contributed by atoms with Crippen molar-refractivity contribution in [3.8, 4) is 11.5 Å². The average molecular weight is 401 g/mol. The molecule has 1 aliphatic heterocycles. The van der Waals surface area contributed by atoms with Gasteiger partial charge in [-0.05, 0) is 24.3 Å². The average Bonchev–Trinajstić information content (AvgIpc) is 2.89. The van der Waals surface area contributed by atoms with E-state index in [-0.39, 0.29) is 24.7 Å². The highest BCUT2D eigenvalue weighted by molar-refractivity contribution is 8.27. The highest BCUT2D eigenvalue weighted by atomic mass is 32.2. The second kappa shape index (κ2) is 8.24. The Kier molecular flexibility index (Phi) is 5.78. The summed E-state index contributed by atoms with van der Waals surface area (Å²) in [5.74, 6) is -0.709. The third-order valence-corrected chi connectivity index (χ3v) is 4.96. The zero-order chi connectivity index (χ0) is 19.4. The predicted octanol–water partition coefficient (Wildman–Crippen LogP) is 3.65. The molecule has 1 fully saturated rings. The number of benzene rings is 2. The van der Waals surface area contributed by atoms with Crippen molar-refractivity contribution in [1.29, 1.82) is 0 Å². The number of thiocarbonyl (C=S) groups is 1. The number of rotatable bonds is 6. The summed E-state index contributed by atoms with van der Waals surface area (Å²) in [4.78, 5) is 25.2. The van der Waals surface area contributed by atoms with E-state index in [0.717, 1.165) is 11.8 Å². The molecule has 27 heavy (non-hydrogen) atoms. The molecule has 3 rings (SSSR count). The Morgan fingerprint density at radius 1 is 1.22 bits per heavy atom. The molecule has 0 aromatic heterocycles. The lowest BCUT2D eigenvalue weighted by Gasteiger charge is -2.14. The van der Waals surface area contributed by atoms with Gasteiger partial charge in [0.2, 0.25) is 0 Å². The lowest BCUT2D eigenvalue weighted by Crippen LogP contribution is -2.27. The van der Waals surface area contributed by atoms with Crippen molar-refractivity contribution in [3.63, 3.8) is 0 Å². The van der Waals surface area contributed by atoms with E-state index in [9.17, 15) is 14.7 Å². The van der Waals surface area contributed by atoms with Crippen molar-refractivity contribution in [2.45, 2.75) is 6.42 Å². The van der Waals surface area contributed by atoms with Crippen molar-refractivity contribution in [1.82, 2.24) is 0 Å². The van der Waals surface area contributed by atoms with E-state index in [1.54, 1.807) is 42.5 Å². The van der Waals surface area contributed by atoms with Crippen molar-refractivity contribution in [2.75, 3.05) is 11.5 Å². The lowest BCUT2D eigenvalue weighted by molar-refractivity contribution is -0.137. The Labute approximate surface area is 165 Å². The number of carboxylic acids is 1. The van der Waals surface area contributed by atoms with Gasteiger partial charge in [0.1, 0.15) is 11.5 Å². The maximum absolute atomic E-state index is 12.8. The van der Waals surface area contributed by atoms with Crippen LogP contribution >= 0.6 is 24.0 Å². The number of aliphatic carboxylic acids is 1. The second-order valence-electron chi connectivity index (χ2n) is 5.57. The van der Waals surface area contributed by atoms with Crippen LogP contribution in [0.3, 0.4) is 0 Å². The summed E-state index contributed by atoms with van der Waals surface area (Å²) >= 11 is 6.47. The van der Waals surface area contributed by atoms with Gasteiger partial charge in [0.05, 0.1) is 23.6 Å². The first-order valence-electron chi connectivity index (χ1n) is 7.96. The molecule has 1 amide bonds. The molecule has 0 unspecified atom stereocenters. The van der Waals surface area contributed by atoms with Crippen molar-refractivity contribution in [3.05, 3.63) is 59.0 Å². The van der Waals surface area contributed by atoms with E-state index in [1.165, 1.54) is 17.0 Å². The van der Waals surface area contributed by atoms with Crippen LogP contribution in [0.15, 0.2) is 53.4 Å². The third kappa shape index (κ3) is 4.47. The van der Waals surface area contributed by atoms with Crippen LogP contribution in [0.1, 0.15) is 12.0 Å². The number of carbonyl (C=O) groups excluding carboxylic acids is 1. The maximum atomic E-state index is 12.8. The summed E-state index contributed by atoms with van der Waals surface area (Å²) in [6.07, 6.45) is 1.55. The van der Waals surface area contributed by atoms with Gasteiger partial charge in [0, 0.05) is 11.6 Å². The largest absolute Gasteiger partial charge is 0.508 e. The van der Waals surface area contributed by atoms with Crippen molar-refractivity contribution >= 4 is 51.9 Å². The van der Waals surface area contributed by atoms with Gasteiger partial charge in [-0.25, -0.2) is 0 Å². The molecule has 0 aliphatic carbocycles. The monoisotopic (exact) mass is 401 g/mol. The molecular formula is C19H15NO5S2. The molecule has 2 N–H and O–H groups in total. The standard InChI is InChI=1S/C19H15NO5S2/c21-14-6-3-5-13(11-14)20-18(24)16(27-19(20)26)10-12-4-1-2-7-15(12)25-9-8-17(22)23/h1-7,10-11,21H,8-9H2,(H,22,23)/b16-10+. The van der Waals surface area contributed by atoms with Gasteiger partial charge < -0.3 is 14.9 Å². The minimum absolute atomic E-state index is 0.0322. The Balaban J connectivity index is 1.85. The zero-order valence-electron chi connectivity index (χ0n) is 14.0. The van der Waals surface area contributed by atoms with E-state index < -0.39 is 5.97 Å². The molecule has 0 radical (unpaired) electrons. The molecule has 138 valence electrons. The highest BCUT2D eigenvalue weighted by Gasteiger charge is 2.33. The number of carboxylic acid groups (broad SMARTS) is 1. The highest BCUT2D eigenvalue weighted by Crippen LogP contribution is 2.37. The Hall–Kier alpha value is -2.84. The minimum atomic E-state index is -0.945. The van der Waals surface area contributed by atoms with Crippen LogP contribution in [0.5, 0.6) is 11.5 Å². The number of ether oxygens (including phenoxy) is 1. The third-order valence-electron chi connectivity index (χ3n) is 3.66. The zero-order valence-corrected chi connectivity index (χ0v) is 15.6. The van der Waals surface area contributed by atoms with Crippen LogP contribution in [0.25, 0.3) is 6.08 Å². The van der Waals surface area contributed by atoms with Gasteiger partial charge in [0.15, 0.2) is 4.32 Å². The van der Waals surface area contributed by atoms with E-state index in [1.807, 2.05) is 0 Å². The number of nitrogens with zero attached hydrogens (tertiary/aromatic N) is 1. The number of phenolic OH excluding ortho intramolecular Hbond substituents is 1. The topological polar surface area (TPSA) is 87.1 Å². The summed E-state index contributed by atoms with van der Waals surface area (Å²) in [6.45, 7) is 0.0322. The van der Waals surface area contributed by atoms with E-state index in [0.29, 0.717) is 26.2 Å². The van der Waals surface area contributed by atoms with Crippen molar-refractivity contribution in [2.24, 2.45) is 0 Å². The van der Waals surface area contributed by atoms with Crippen LogP contribution in [0.2, 0.25) is 0 Å². The van der Waals surface area contributed by atoms with Gasteiger partial charge >= 0.3 is 5.97 Å². The fraction of sp³-hybridized carbons (Fsp3) is 0.105. The van der Waals surface area contributed by atoms with E-state index in [4.69, 9.17) is 22.1 Å². The summed E-state index contributed by atoms with van der Waals surface area (Å²) in [6, 6.07) is 13.4.